The standard InChI is InChI=1S/C23H22F3N3O3/c1-4-29(5-2)18-10-9-15-11-19(21(31)27-14(3)30)22(32-20(15)13-18)28-17-8-6-7-16(12-17)23(24,25)26/h6-13H,4-5H2,1-3H3,(H,27,30,31). The summed E-state index contributed by atoms with van der Waals surface area (Å²) in [6.07, 6.45) is -4.54. The molecule has 6 nitrogen and oxygen atoms in total. The van der Waals surface area contributed by atoms with Crippen LogP contribution in [0.5, 0.6) is 0 Å². The van der Waals surface area contributed by atoms with Crippen LogP contribution < -0.4 is 15.8 Å². The first-order valence-electron chi connectivity index (χ1n) is 9.99. The number of carbonyl (C=O) groups excluding carboxylic acids is 2. The van der Waals surface area contributed by atoms with E-state index in [2.05, 4.69) is 15.2 Å². The van der Waals surface area contributed by atoms with Crippen molar-refractivity contribution in [3.05, 3.63) is 65.2 Å². The maximum absolute atomic E-state index is 13.1. The Labute approximate surface area is 182 Å². The van der Waals surface area contributed by atoms with Crippen molar-refractivity contribution in [1.82, 2.24) is 5.32 Å². The molecule has 0 bridgehead atoms. The van der Waals surface area contributed by atoms with E-state index in [0.717, 1.165) is 30.9 Å². The Morgan fingerprint density at radius 3 is 2.41 bits per heavy atom. The topological polar surface area (TPSA) is 74.9 Å². The molecule has 3 aromatic rings. The quantitative estimate of drug-likeness (QED) is 0.612. The lowest BCUT2D eigenvalue weighted by molar-refractivity contribution is -0.137. The highest BCUT2D eigenvalue weighted by Crippen LogP contribution is 2.31. The summed E-state index contributed by atoms with van der Waals surface area (Å²) in [7, 11) is 0. The van der Waals surface area contributed by atoms with Crippen molar-refractivity contribution in [1.29, 1.82) is 0 Å². The van der Waals surface area contributed by atoms with Gasteiger partial charge in [0.25, 0.3) is 5.91 Å². The number of amides is 2. The fraction of sp³-hybridized carbons (Fsp3) is 0.261. The van der Waals surface area contributed by atoms with Crippen LogP contribution in [-0.4, -0.2) is 24.9 Å². The lowest BCUT2D eigenvalue weighted by atomic mass is 10.1. The molecule has 0 atom stereocenters. The largest absolute Gasteiger partial charge is 0.437 e. The zero-order valence-corrected chi connectivity index (χ0v) is 17.8. The monoisotopic (exact) mass is 445 g/mol. The normalized spacial score (nSPS) is 12.1. The number of nitrogens with one attached hydrogen (secondary N) is 1. The molecule has 1 aromatic heterocycles. The fourth-order valence-electron chi connectivity index (χ4n) is 3.23. The molecule has 0 aliphatic heterocycles. The van der Waals surface area contributed by atoms with E-state index < -0.39 is 23.6 Å². The van der Waals surface area contributed by atoms with Crippen LogP contribution in [0.4, 0.5) is 24.5 Å². The van der Waals surface area contributed by atoms with E-state index in [-0.39, 0.29) is 16.8 Å². The minimum atomic E-state index is -4.54. The van der Waals surface area contributed by atoms with Crippen LogP contribution in [0.25, 0.3) is 11.0 Å². The molecule has 168 valence electrons. The predicted molar refractivity (Wildman–Crippen MR) is 115 cm³/mol. The molecule has 0 unspecified atom stereocenters. The molecule has 0 aliphatic carbocycles. The van der Waals surface area contributed by atoms with Crippen molar-refractivity contribution in [2.45, 2.75) is 26.9 Å². The van der Waals surface area contributed by atoms with E-state index in [4.69, 9.17) is 4.42 Å². The first kappa shape index (κ1) is 23.1. The highest BCUT2D eigenvalue weighted by molar-refractivity contribution is 6.05. The SMILES string of the molecule is CCN(CC)c1ccc2cc(C(=O)NC(C)=O)c(=Nc3cccc(C(F)(F)F)c3)oc2c1. The van der Waals surface area contributed by atoms with E-state index in [1.807, 2.05) is 19.9 Å². The molecule has 0 spiro atoms. The molecule has 3 rings (SSSR count). The van der Waals surface area contributed by atoms with E-state index in [9.17, 15) is 22.8 Å². The van der Waals surface area contributed by atoms with Gasteiger partial charge in [-0.3, -0.25) is 14.9 Å². The van der Waals surface area contributed by atoms with Crippen molar-refractivity contribution < 1.29 is 27.2 Å². The molecule has 0 aliphatic rings. The molecule has 0 saturated carbocycles. The van der Waals surface area contributed by atoms with Gasteiger partial charge in [-0.15, -0.1) is 0 Å². The third-order valence-electron chi connectivity index (χ3n) is 4.80. The number of halogens is 3. The van der Waals surface area contributed by atoms with Crippen LogP contribution in [0.2, 0.25) is 0 Å². The van der Waals surface area contributed by atoms with Crippen LogP contribution >= 0.6 is 0 Å². The molecule has 32 heavy (non-hydrogen) atoms. The third kappa shape index (κ3) is 5.16. The smallest absolute Gasteiger partial charge is 0.416 e. The van der Waals surface area contributed by atoms with Gasteiger partial charge in [-0.05, 0) is 50.2 Å². The van der Waals surface area contributed by atoms with Gasteiger partial charge in [-0.1, -0.05) is 6.07 Å². The molecular weight excluding hydrogens is 423 g/mol. The minimum absolute atomic E-state index is 0.0419. The zero-order chi connectivity index (χ0) is 23.5. The van der Waals surface area contributed by atoms with Crippen molar-refractivity contribution in [2.75, 3.05) is 18.0 Å². The van der Waals surface area contributed by atoms with E-state index in [1.54, 1.807) is 12.1 Å². The molecule has 0 saturated heterocycles. The van der Waals surface area contributed by atoms with Crippen LogP contribution in [0.1, 0.15) is 36.7 Å². The molecular formula is C23H22F3N3O3. The summed E-state index contributed by atoms with van der Waals surface area (Å²) in [5.74, 6) is -1.35. The fourth-order valence-corrected chi connectivity index (χ4v) is 3.23. The second kappa shape index (κ2) is 9.25. The van der Waals surface area contributed by atoms with Gasteiger partial charge in [0.15, 0.2) is 0 Å². The Balaban J connectivity index is 2.23. The van der Waals surface area contributed by atoms with Gasteiger partial charge in [0.1, 0.15) is 11.1 Å². The summed E-state index contributed by atoms with van der Waals surface area (Å²) in [5.41, 5.74) is 0.0995. The summed E-state index contributed by atoms with van der Waals surface area (Å²) in [5, 5.41) is 2.73. The summed E-state index contributed by atoms with van der Waals surface area (Å²) < 4.78 is 45.1. The third-order valence-corrected chi connectivity index (χ3v) is 4.80. The van der Waals surface area contributed by atoms with Crippen molar-refractivity contribution in [2.24, 2.45) is 4.99 Å². The number of hydrogen-bond acceptors (Lipinski definition) is 5. The number of fused-ring (bicyclic) bond motifs is 1. The lowest BCUT2D eigenvalue weighted by Crippen LogP contribution is -2.32. The van der Waals surface area contributed by atoms with Gasteiger partial charge < -0.3 is 9.32 Å². The Bertz CT molecular complexity index is 1230. The maximum atomic E-state index is 13.1. The van der Waals surface area contributed by atoms with Crippen LogP contribution in [0.15, 0.2) is 57.9 Å². The number of alkyl halides is 3. The molecule has 1 heterocycles. The van der Waals surface area contributed by atoms with Crippen molar-refractivity contribution in [3.63, 3.8) is 0 Å². The second-order valence-corrected chi connectivity index (χ2v) is 7.03. The predicted octanol–water partition coefficient (Wildman–Crippen LogP) is 4.81. The Morgan fingerprint density at radius 1 is 1.06 bits per heavy atom. The van der Waals surface area contributed by atoms with Crippen LogP contribution in [0.3, 0.4) is 0 Å². The number of benzene rings is 2. The van der Waals surface area contributed by atoms with E-state index in [0.29, 0.717) is 11.0 Å². The van der Waals surface area contributed by atoms with Crippen molar-refractivity contribution in [3.8, 4) is 0 Å². The number of carbonyl (C=O) groups is 2. The molecule has 0 fully saturated rings. The minimum Gasteiger partial charge on any atom is -0.437 e. The first-order chi connectivity index (χ1) is 15.1. The zero-order valence-electron chi connectivity index (χ0n) is 17.8. The number of hydrogen-bond donors (Lipinski definition) is 1. The van der Waals surface area contributed by atoms with Gasteiger partial charge >= 0.3 is 6.18 Å². The Kier molecular flexibility index (Phi) is 6.67. The number of anilines is 1. The van der Waals surface area contributed by atoms with Gasteiger partial charge in [-0.2, -0.15) is 13.2 Å². The number of nitrogens with zero attached hydrogens (tertiary/aromatic N) is 2. The lowest BCUT2D eigenvalue weighted by Gasteiger charge is -2.21. The Morgan fingerprint density at radius 2 is 1.78 bits per heavy atom. The molecule has 1 N–H and O–H groups in total. The average molecular weight is 445 g/mol. The first-order valence-corrected chi connectivity index (χ1v) is 9.99. The Hall–Kier alpha value is -3.62. The van der Waals surface area contributed by atoms with Crippen molar-refractivity contribution >= 4 is 34.2 Å². The highest BCUT2D eigenvalue weighted by atomic mass is 19.4. The number of rotatable bonds is 5. The molecule has 2 amide bonds. The van der Waals surface area contributed by atoms with Gasteiger partial charge in [0.05, 0.1) is 11.3 Å². The van der Waals surface area contributed by atoms with E-state index in [1.165, 1.54) is 25.1 Å². The summed E-state index contributed by atoms with van der Waals surface area (Å²) in [4.78, 5) is 30.2. The summed E-state index contributed by atoms with van der Waals surface area (Å²) in [6, 6.07) is 11.3. The van der Waals surface area contributed by atoms with Gasteiger partial charge in [-0.25, -0.2) is 4.99 Å². The van der Waals surface area contributed by atoms with Crippen LogP contribution in [-0.2, 0) is 11.0 Å². The van der Waals surface area contributed by atoms with Crippen LogP contribution in [0, 0.1) is 0 Å². The molecule has 0 radical (unpaired) electrons. The molecule has 9 heteroatoms. The summed E-state index contributed by atoms with van der Waals surface area (Å²) in [6.45, 7) is 6.73. The summed E-state index contributed by atoms with van der Waals surface area (Å²) >= 11 is 0. The maximum Gasteiger partial charge on any atom is 0.416 e. The number of imide groups is 1. The van der Waals surface area contributed by atoms with Gasteiger partial charge in [0, 0.05) is 37.2 Å². The van der Waals surface area contributed by atoms with E-state index >= 15 is 0 Å². The second-order valence-electron chi connectivity index (χ2n) is 7.03. The highest BCUT2D eigenvalue weighted by Gasteiger charge is 2.30. The molecule has 2 aromatic carbocycles. The van der Waals surface area contributed by atoms with Gasteiger partial charge in [0.2, 0.25) is 11.5 Å². The average Bonchev–Trinajstić information content (AvgIpc) is 2.73.